The number of hydrogen-bond acceptors (Lipinski definition) is 9. The Bertz CT molecular complexity index is 1520. The van der Waals surface area contributed by atoms with Crippen LogP contribution in [-0.4, -0.2) is 68.1 Å². The maximum absolute atomic E-state index is 14.4. The predicted octanol–water partition coefficient (Wildman–Crippen LogP) is 4.41. The maximum atomic E-state index is 14.4. The van der Waals surface area contributed by atoms with Gasteiger partial charge in [0.15, 0.2) is 33.8 Å². The molecule has 7 rings (SSSR count). The Balaban J connectivity index is 1.21. The van der Waals surface area contributed by atoms with E-state index >= 15 is 0 Å². The van der Waals surface area contributed by atoms with Gasteiger partial charge in [-0.1, -0.05) is 37.3 Å². The van der Waals surface area contributed by atoms with Gasteiger partial charge in [0, 0.05) is 22.8 Å². The molecule has 5 aliphatic rings. The summed E-state index contributed by atoms with van der Waals surface area (Å²) in [5.74, 6) is -0.00804. The van der Waals surface area contributed by atoms with Crippen molar-refractivity contribution in [2.75, 3.05) is 12.9 Å². The van der Waals surface area contributed by atoms with Crippen LogP contribution < -0.4 is 4.74 Å². The third kappa shape index (κ3) is 3.79. The zero-order chi connectivity index (χ0) is 28.9. The normalized spacial score (nSPS) is 40.5. The van der Waals surface area contributed by atoms with Gasteiger partial charge in [-0.25, -0.2) is 4.98 Å². The van der Waals surface area contributed by atoms with Crippen molar-refractivity contribution in [3.05, 3.63) is 35.9 Å². The van der Waals surface area contributed by atoms with Gasteiger partial charge in [-0.2, -0.15) is 4.98 Å². The number of H-pyrrole nitrogens is 1. The van der Waals surface area contributed by atoms with E-state index in [0.717, 1.165) is 18.4 Å². The molecule has 8 atom stereocenters. The number of carbonyl (C=O) groups excluding carboxylic acids is 2. The van der Waals surface area contributed by atoms with Gasteiger partial charge in [0.1, 0.15) is 5.52 Å². The van der Waals surface area contributed by atoms with Crippen molar-refractivity contribution in [2.24, 2.45) is 28.6 Å². The number of aromatic amines is 1. The number of hydrogen-bond donors (Lipinski definition) is 2. The summed E-state index contributed by atoms with van der Waals surface area (Å²) in [7, 11) is 1.57. The summed E-state index contributed by atoms with van der Waals surface area (Å²) >= 11 is 1.33. The highest BCUT2D eigenvalue weighted by Gasteiger charge is 2.76. The van der Waals surface area contributed by atoms with Gasteiger partial charge in [-0.05, 0) is 69.6 Å². The molecule has 1 saturated heterocycles. The molecule has 5 unspecified atom stereocenters. The monoisotopic (exact) mass is 579 g/mol. The van der Waals surface area contributed by atoms with E-state index in [4.69, 9.17) is 14.2 Å². The Kier molecular flexibility index (Phi) is 5.99. The molecule has 4 aliphatic carbocycles. The van der Waals surface area contributed by atoms with Crippen molar-refractivity contribution in [3.63, 3.8) is 0 Å². The molecular weight excluding hydrogens is 542 g/mol. The minimum atomic E-state index is -1.18. The van der Waals surface area contributed by atoms with Crippen LogP contribution in [0.4, 0.5) is 0 Å². The first kappa shape index (κ1) is 27.3. The fourth-order valence-corrected chi connectivity index (χ4v) is 10.0. The molecule has 10 heteroatoms. The van der Waals surface area contributed by atoms with Crippen LogP contribution in [0.1, 0.15) is 53.4 Å². The lowest BCUT2D eigenvalue weighted by Gasteiger charge is -2.60. The summed E-state index contributed by atoms with van der Waals surface area (Å²) in [6.07, 6.45) is 7.20. The molecular formula is C31H37N3O6S. The van der Waals surface area contributed by atoms with E-state index in [1.807, 2.05) is 26.0 Å². The minimum absolute atomic E-state index is 0.0203. The third-order valence-corrected chi connectivity index (χ3v) is 11.6. The number of methoxy groups -OCH3 is 1. The Morgan fingerprint density at radius 1 is 1.24 bits per heavy atom. The molecule has 3 saturated carbocycles. The number of aromatic nitrogens is 3. The summed E-state index contributed by atoms with van der Waals surface area (Å²) in [5, 5.41) is 12.5. The van der Waals surface area contributed by atoms with E-state index in [2.05, 4.69) is 28.8 Å². The maximum Gasteiger partial charge on any atom is 0.215 e. The number of ether oxygens (including phenoxy) is 3. The molecule has 3 heterocycles. The fraction of sp³-hybridized carbons (Fsp3) is 0.613. The number of carbonyl (C=O) groups is 2. The molecule has 2 aromatic heterocycles. The first-order valence-electron chi connectivity index (χ1n) is 14.5. The van der Waals surface area contributed by atoms with E-state index in [1.165, 1.54) is 11.8 Å². The summed E-state index contributed by atoms with van der Waals surface area (Å²) in [6, 6.07) is 3.59. The number of pyridine rings is 1. The van der Waals surface area contributed by atoms with Crippen molar-refractivity contribution in [2.45, 2.75) is 82.1 Å². The smallest absolute Gasteiger partial charge is 0.215 e. The molecule has 9 nitrogen and oxygen atoms in total. The lowest BCUT2D eigenvalue weighted by atomic mass is 9.46. The van der Waals surface area contributed by atoms with Gasteiger partial charge >= 0.3 is 0 Å². The van der Waals surface area contributed by atoms with Gasteiger partial charge in [0.05, 0.1) is 25.1 Å². The number of thioether (sulfide) groups is 1. The van der Waals surface area contributed by atoms with Crippen molar-refractivity contribution >= 4 is 34.5 Å². The lowest BCUT2D eigenvalue weighted by molar-refractivity contribution is -0.223. The average molecular weight is 580 g/mol. The van der Waals surface area contributed by atoms with Crippen LogP contribution in [0.25, 0.3) is 11.2 Å². The number of rotatable bonds is 5. The van der Waals surface area contributed by atoms with E-state index in [0.29, 0.717) is 35.0 Å². The van der Waals surface area contributed by atoms with E-state index < -0.39 is 29.0 Å². The number of fused-ring (bicyclic) bond motifs is 8. The second-order valence-corrected chi connectivity index (χ2v) is 14.2. The van der Waals surface area contributed by atoms with Crippen LogP contribution in [0.3, 0.4) is 0 Å². The molecule has 0 spiro atoms. The van der Waals surface area contributed by atoms with Gasteiger partial charge in [0.2, 0.25) is 5.88 Å². The van der Waals surface area contributed by atoms with Crippen molar-refractivity contribution in [1.82, 2.24) is 15.0 Å². The molecule has 41 heavy (non-hydrogen) atoms. The van der Waals surface area contributed by atoms with Gasteiger partial charge in [0.25, 0.3) is 0 Å². The zero-order valence-corrected chi connectivity index (χ0v) is 24.9. The van der Waals surface area contributed by atoms with Gasteiger partial charge in [-0.15, -0.1) is 0 Å². The standard InChI is InChI=1S/C31H37N3O6S/c1-28(2)39-23-13-19-18-7-6-16-12-17(35)10-11-29(16,3)25(18)21(36)14-30(19,4)31(23,40-28)22(37)15-41-27-32-20-8-9-24(38-5)33-26(20)34-27/h8-12,18-19,21,23,25,36H,6-7,13-15H2,1-5H3,(H,32,33,34)/t18?,19?,21-,23-,25?,29?,30?,31+/m0/s1. The van der Waals surface area contributed by atoms with Crippen LogP contribution in [0.5, 0.6) is 5.88 Å². The second kappa shape index (κ2) is 8.99. The fourth-order valence-electron chi connectivity index (χ4n) is 9.20. The average Bonchev–Trinajstić information content (AvgIpc) is 3.53. The van der Waals surface area contributed by atoms with Crippen LogP contribution in [0.15, 0.2) is 41.1 Å². The molecule has 0 radical (unpaired) electrons. The van der Waals surface area contributed by atoms with Crippen LogP contribution in [-0.2, 0) is 19.1 Å². The molecule has 0 amide bonds. The molecule has 4 fully saturated rings. The molecule has 2 N–H and O–H groups in total. The topological polar surface area (TPSA) is 124 Å². The molecule has 0 aromatic carbocycles. The summed E-state index contributed by atoms with van der Waals surface area (Å²) in [5.41, 5.74) is 0.248. The largest absolute Gasteiger partial charge is 0.481 e. The summed E-state index contributed by atoms with van der Waals surface area (Å²) < 4.78 is 18.4. The van der Waals surface area contributed by atoms with Gasteiger partial charge < -0.3 is 24.3 Å². The Morgan fingerprint density at radius 3 is 2.83 bits per heavy atom. The van der Waals surface area contributed by atoms with Crippen molar-refractivity contribution < 1.29 is 28.9 Å². The highest BCUT2D eigenvalue weighted by atomic mass is 32.2. The highest BCUT2D eigenvalue weighted by molar-refractivity contribution is 7.99. The Labute approximate surface area is 243 Å². The predicted molar refractivity (Wildman–Crippen MR) is 152 cm³/mol. The number of nitrogens with one attached hydrogen (secondary N) is 1. The summed E-state index contributed by atoms with van der Waals surface area (Å²) in [6.45, 7) is 8.03. The number of Topliss-reactive ketones (excluding diaryl/α,β-unsaturated/α-hetero) is 1. The number of aliphatic hydroxyl groups is 1. The number of imidazole rings is 1. The Morgan fingerprint density at radius 2 is 2.05 bits per heavy atom. The number of nitrogens with zero attached hydrogens (tertiary/aromatic N) is 2. The molecule has 2 aromatic rings. The summed E-state index contributed by atoms with van der Waals surface area (Å²) in [4.78, 5) is 38.8. The lowest BCUT2D eigenvalue weighted by Crippen LogP contribution is -2.63. The van der Waals surface area contributed by atoms with E-state index in [-0.39, 0.29) is 40.5 Å². The van der Waals surface area contributed by atoms with Crippen LogP contribution in [0, 0.1) is 28.6 Å². The first-order chi connectivity index (χ1) is 19.4. The minimum Gasteiger partial charge on any atom is -0.481 e. The van der Waals surface area contributed by atoms with E-state index in [1.54, 1.807) is 25.3 Å². The first-order valence-corrected chi connectivity index (χ1v) is 15.5. The molecule has 0 bridgehead atoms. The van der Waals surface area contributed by atoms with Crippen molar-refractivity contribution in [1.29, 1.82) is 0 Å². The quantitative estimate of drug-likeness (QED) is 0.496. The molecule has 1 aliphatic heterocycles. The van der Waals surface area contributed by atoms with Crippen LogP contribution >= 0.6 is 11.8 Å². The van der Waals surface area contributed by atoms with E-state index in [9.17, 15) is 14.7 Å². The highest BCUT2D eigenvalue weighted by Crippen LogP contribution is 2.70. The number of aliphatic hydroxyl groups excluding tert-OH is 1. The molecule has 218 valence electrons. The zero-order valence-electron chi connectivity index (χ0n) is 24.1. The van der Waals surface area contributed by atoms with Crippen LogP contribution in [0.2, 0.25) is 0 Å². The number of ketones is 2. The third-order valence-electron chi connectivity index (χ3n) is 10.7. The van der Waals surface area contributed by atoms with Crippen molar-refractivity contribution in [3.8, 4) is 5.88 Å². The second-order valence-electron chi connectivity index (χ2n) is 13.3. The SMILES string of the molecule is COc1ccc2nc(SCC(=O)[C@@]34OC(C)(C)O[C@H]3CC3C5CCC6=CC(=O)C=CC6(C)C5[C@@H](O)CC34C)[nH]c2n1. The van der Waals surface area contributed by atoms with Gasteiger partial charge in [-0.3, -0.25) is 9.59 Å². The Hall–Kier alpha value is -2.53. The number of allylic oxidation sites excluding steroid dienone is 4.